The van der Waals surface area contributed by atoms with Gasteiger partial charge in [0.05, 0.1) is 0 Å². The van der Waals surface area contributed by atoms with Crippen LogP contribution in [-0.4, -0.2) is 19.6 Å². The first-order chi connectivity index (χ1) is 9.29. The fraction of sp³-hybridized carbons (Fsp3) is 0. The number of rotatable bonds is 2. The highest BCUT2D eigenvalue weighted by atomic mass is 15.3. The monoisotopic (exact) mass is 251 g/mol. The molecule has 7 heteroatoms. The molecule has 0 amide bonds. The zero-order valence-corrected chi connectivity index (χ0v) is 9.78. The Labute approximate surface area is 108 Å². The number of nitriles is 1. The average Bonchev–Trinajstić information content (AvgIpc) is 2.76. The van der Waals surface area contributed by atoms with Crippen molar-refractivity contribution in [1.82, 2.24) is 19.6 Å². The molecule has 0 unspecified atom stereocenters. The molecule has 3 aromatic heterocycles. The van der Waals surface area contributed by atoms with Gasteiger partial charge in [-0.2, -0.15) is 9.78 Å². The molecular formula is C12H9N7. The molecule has 0 saturated carbocycles. The molecule has 0 atom stereocenters. The van der Waals surface area contributed by atoms with E-state index < -0.39 is 0 Å². The number of aromatic nitrogens is 4. The van der Waals surface area contributed by atoms with Crippen LogP contribution in [0.1, 0.15) is 5.56 Å². The molecule has 0 spiro atoms. The van der Waals surface area contributed by atoms with Gasteiger partial charge in [0.1, 0.15) is 23.3 Å². The van der Waals surface area contributed by atoms with Gasteiger partial charge in [-0.15, -0.1) is 5.10 Å². The van der Waals surface area contributed by atoms with Crippen LogP contribution in [0.2, 0.25) is 0 Å². The molecule has 0 radical (unpaired) electrons. The Hall–Kier alpha value is -3.14. The van der Waals surface area contributed by atoms with Gasteiger partial charge in [0.15, 0.2) is 11.5 Å². The quantitative estimate of drug-likeness (QED) is 0.711. The van der Waals surface area contributed by atoms with Gasteiger partial charge in [0.2, 0.25) is 0 Å². The highest BCUT2D eigenvalue weighted by molar-refractivity contribution is 5.68. The van der Waals surface area contributed by atoms with Crippen LogP contribution in [0.25, 0.3) is 5.65 Å². The molecule has 0 aliphatic heterocycles. The van der Waals surface area contributed by atoms with Crippen molar-refractivity contribution in [3.8, 4) is 6.07 Å². The van der Waals surface area contributed by atoms with Crippen molar-refractivity contribution in [3.63, 3.8) is 0 Å². The van der Waals surface area contributed by atoms with Crippen LogP contribution in [0.3, 0.4) is 0 Å². The number of fused-ring (bicyclic) bond motifs is 1. The van der Waals surface area contributed by atoms with Crippen molar-refractivity contribution in [2.45, 2.75) is 0 Å². The van der Waals surface area contributed by atoms with Crippen molar-refractivity contribution in [2.24, 2.45) is 0 Å². The summed E-state index contributed by atoms with van der Waals surface area (Å²) in [4.78, 5) is 8.27. The molecule has 3 N–H and O–H groups in total. The zero-order valence-electron chi connectivity index (χ0n) is 9.78. The number of hydrogen-bond acceptors (Lipinski definition) is 6. The molecular weight excluding hydrogens is 242 g/mol. The molecule has 0 bridgehead atoms. The Balaban J connectivity index is 2.13. The summed E-state index contributed by atoms with van der Waals surface area (Å²) in [6, 6.07) is 9.24. The number of anilines is 3. The maximum atomic E-state index is 9.03. The second-order valence-corrected chi connectivity index (χ2v) is 3.78. The van der Waals surface area contributed by atoms with Crippen molar-refractivity contribution >= 4 is 23.1 Å². The normalized spacial score (nSPS) is 10.3. The van der Waals surface area contributed by atoms with Crippen molar-refractivity contribution in [3.05, 3.63) is 42.2 Å². The standard InChI is InChI=1S/C12H9N7/c13-7-8-11(14)18-19-10(4-6-16-12(8)19)17-9-3-1-2-5-15-9/h1-6H,(H2,14,18)(H,15,17). The van der Waals surface area contributed by atoms with Crippen LogP contribution in [-0.2, 0) is 0 Å². The van der Waals surface area contributed by atoms with Crippen LogP contribution in [0, 0.1) is 11.3 Å². The predicted octanol–water partition coefficient (Wildman–Crippen LogP) is 1.32. The summed E-state index contributed by atoms with van der Waals surface area (Å²) >= 11 is 0. The highest BCUT2D eigenvalue weighted by Crippen LogP contribution is 2.20. The van der Waals surface area contributed by atoms with Gasteiger partial charge in [-0.1, -0.05) is 6.07 Å². The zero-order chi connectivity index (χ0) is 13.2. The summed E-state index contributed by atoms with van der Waals surface area (Å²) in [5.41, 5.74) is 6.37. The SMILES string of the molecule is N#Cc1c(N)nn2c(Nc3ccccn3)ccnc12. The third-order valence-corrected chi connectivity index (χ3v) is 2.58. The minimum Gasteiger partial charge on any atom is -0.381 e. The number of pyridine rings is 1. The molecule has 19 heavy (non-hydrogen) atoms. The van der Waals surface area contributed by atoms with E-state index in [-0.39, 0.29) is 11.4 Å². The van der Waals surface area contributed by atoms with Gasteiger partial charge in [-0.25, -0.2) is 9.97 Å². The van der Waals surface area contributed by atoms with E-state index in [2.05, 4.69) is 20.4 Å². The lowest BCUT2D eigenvalue weighted by molar-refractivity contribution is 0.951. The average molecular weight is 251 g/mol. The molecule has 0 saturated heterocycles. The van der Waals surface area contributed by atoms with Crippen LogP contribution in [0.4, 0.5) is 17.5 Å². The van der Waals surface area contributed by atoms with E-state index in [1.165, 1.54) is 4.52 Å². The summed E-state index contributed by atoms with van der Waals surface area (Å²) in [6.07, 6.45) is 3.27. The fourth-order valence-electron chi connectivity index (χ4n) is 1.73. The van der Waals surface area contributed by atoms with E-state index in [0.29, 0.717) is 17.3 Å². The largest absolute Gasteiger partial charge is 0.381 e. The lowest BCUT2D eigenvalue weighted by Gasteiger charge is -2.06. The van der Waals surface area contributed by atoms with E-state index in [4.69, 9.17) is 11.0 Å². The third-order valence-electron chi connectivity index (χ3n) is 2.58. The first-order valence-electron chi connectivity index (χ1n) is 5.51. The van der Waals surface area contributed by atoms with Crippen LogP contribution >= 0.6 is 0 Å². The fourth-order valence-corrected chi connectivity index (χ4v) is 1.73. The Morgan fingerprint density at radius 1 is 1.21 bits per heavy atom. The van der Waals surface area contributed by atoms with Gasteiger partial charge in [0.25, 0.3) is 0 Å². The smallest absolute Gasteiger partial charge is 0.177 e. The lowest BCUT2D eigenvalue weighted by Crippen LogP contribution is -2.02. The Morgan fingerprint density at radius 2 is 2.11 bits per heavy atom. The number of hydrogen-bond donors (Lipinski definition) is 2. The van der Waals surface area contributed by atoms with Crippen molar-refractivity contribution < 1.29 is 0 Å². The summed E-state index contributed by atoms with van der Waals surface area (Å²) in [7, 11) is 0. The Morgan fingerprint density at radius 3 is 2.84 bits per heavy atom. The maximum absolute atomic E-state index is 9.03. The van der Waals surface area contributed by atoms with Crippen LogP contribution in [0.5, 0.6) is 0 Å². The molecule has 3 heterocycles. The first-order valence-corrected chi connectivity index (χ1v) is 5.51. The predicted molar refractivity (Wildman–Crippen MR) is 69.6 cm³/mol. The van der Waals surface area contributed by atoms with Crippen molar-refractivity contribution in [2.75, 3.05) is 11.1 Å². The Kier molecular flexibility index (Phi) is 2.47. The van der Waals surface area contributed by atoms with Gasteiger partial charge in [-0.05, 0) is 18.2 Å². The molecule has 0 aromatic carbocycles. The molecule has 7 nitrogen and oxygen atoms in total. The topological polar surface area (TPSA) is 105 Å². The molecule has 0 aliphatic rings. The Bertz CT molecular complexity index is 770. The summed E-state index contributed by atoms with van der Waals surface area (Å²) in [5, 5.41) is 16.2. The lowest BCUT2D eigenvalue weighted by atomic mass is 10.3. The minimum absolute atomic E-state index is 0.158. The minimum atomic E-state index is 0.158. The molecule has 0 fully saturated rings. The molecule has 92 valence electrons. The van der Waals surface area contributed by atoms with E-state index in [1.54, 1.807) is 18.5 Å². The maximum Gasteiger partial charge on any atom is 0.177 e. The van der Waals surface area contributed by atoms with Gasteiger partial charge < -0.3 is 11.1 Å². The number of nitrogens with zero attached hydrogens (tertiary/aromatic N) is 5. The second kappa shape index (κ2) is 4.27. The number of nitrogens with two attached hydrogens (primary N) is 1. The van der Waals surface area contributed by atoms with Gasteiger partial charge >= 0.3 is 0 Å². The second-order valence-electron chi connectivity index (χ2n) is 3.78. The van der Waals surface area contributed by atoms with E-state index in [9.17, 15) is 0 Å². The summed E-state index contributed by atoms with van der Waals surface area (Å²) in [5.74, 6) is 1.46. The van der Waals surface area contributed by atoms with E-state index in [1.807, 2.05) is 24.3 Å². The van der Waals surface area contributed by atoms with E-state index >= 15 is 0 Å². The van der Waals surface area contributed by atoms with E-state index in [0.717, 1.165) is 0 Å². The highest BCUT2D eigenvalue weighted by Gasteiger charge is 2.13. The third kappa shape index (κ3) is 1.81. The summed E-state index contributed by atoms with van der Waals surface area (Å²) in [6.45, 7) is 0. The number of nitrogen functional groups attached to an aromatic ring is 1. The van der Waals surface area contributed by atoms with Crippen LogP contribution < -0.4 is 11.1 Å². The summed E-state index contributed by atoms with van der Waals surface area (Å²) < 4.78 is 1.49. The van der Waals surface area contributed by atoms with Gasteiger partial charge in [-0.3, -0.25) is 0 Å². The van der Waals surface area contributed by atoms with Crippen LogP contribution in [0.15, 0.2) is 36.7 Å². The first kappa shape index (κ1) is 11.0. The van der Waals surface area contributed by atoms with Gasteiger partial charge in [0, 0.05) is 12.4 Å². The molecule has 3 rings (SSSR count). The van der Waals surface area contributed by atoms with Crippen molar-refractivity contribution in [1.29, 1.82) is 5.26 Å². The number of nitrogens with one attached hydrogen (secondary N) is 1. The molecule has 3 aromatic rings. The molecule has 0 aliphatic carbocycles.